The Morgan fingerprint density at radius 2 is 0.930 bits per heavy atom. The number of aromatic nitrogens is 3. The van der Waals surface area contributed by atoms with Crippen molar-refractivity contribution in [1.29, 1.82) is 0 Å². The molecule has 0 radical (unpaired) electrons. The van der Waals surface area contributed by atoms with E-state index in [9.17, 15) is 0 Å². The minimum atomic E-state index is 0.590. The summed E-state index contributed by atoms with van der Waals surface area (Å²) < 4.78 is 9.11. The maximum atomic E-state index is 6.58. The summed E-state index contributed by atoms with van der Waals surface area (Å²) in [5.74, 6) is 1.84. The molecule has 0 saturated carbocycles. The van der Waals surface area contributed by atoms with E-state index in [1.54, 1.807) is 0 Å². The Labute approximate surface area is 332 Å². The molecule has 6 heteroatoms. The van der Waals surface area contributed by atoms with Crippen molar-refractivity contribution in [2.75, 3.05) is 4.90 Å². The van der Waals surface area contributed by atoms with Gasteiger partial charge < -0.3 is 9.32 Å². The van der Waals surface area contributed by atoms with Gasteiger partial charge in [-0.05, 0) is 71.8 Å². The minimum absolute atomic E-state index is 0.590. The van der Waals surface area contributed by atoms with Crippen LogP contribution in [0, 0.1) is 0 Å². The Morgan fingerprint density at radius 3 is 1.63 bits per heavy atom. The van der Waals surface area contributed by atoms with Crippen LogP contribution < -0.4 is 4.90 Å². The Hall–Kier alpha value is -7.41. The van der Waals surface area contributed by atoms with Crippen LogP contribution in [0.1, 0.15) is 0 Å². The molecule has 0 N–H and O–H groups in total. The Balaban J connectivity index is 1.06. The first-order valence-corrected chi connectivity index (χ1v) is 19.7. The van der Waals surface area contributed by atoms with Gasteiger partial charge in [0, 0.05) is 59.0 Å². The maximum Gasteiger partial charge on any atom is 0.164 e. The van der Waals surface area contributed by atoms with Crippen molar-refractivity contribution in [3.63, 3.8) is 0 Å². The molecule has 0 spiro atoms. The standard InChI is InChI=1S/C51H32N4OS/c1-4-13-33(14-5-1)34-23-26-38(27-24-34)55(43-20-12-22-47-48(43)41-19-10-11-21-46(41)57-47)39-28-30-44-42(32-39)40-29-25-37(31-45(40)56-44)51-53-49(35-15-6-2-7-16-35)52-50(54-51)36-17-8-3-9-18-36/h1-32H. The van der Waals surface area contributed by atoms with E-state index in [1.807, 2.05) is 78.1 Å². The summed E-state index contributed by atoms with van der Waals surface area (Å²) in [6.07, 6.45) is 0. The number of furan rings is 1. The lowest BCUT2D eigenvalue weighted by Crippen LogP contribution is -2.10. The monoisotopic (exact) mass is 748 g/mol. The van der Waals surface area contributed by atoms with Crippen LogP contribution in [0.3, 0.4) is 0 Å². The first-order valence-electron chi connectivity index (χ1n) is 18.9. The first-order chi connectivity index (χ1) is 28.2. The fourth-order valence-corrected chi connectivity index (χ4v) is 8.91. The summed E-state index contributed by atoms with van der Waals surface area (Å²) >= 11 is 1.83. The van der Waals surface area contributed by atoms with Gasteiger partial charge in [-0.1, -0.05) is 133 Å². The molecule has 0 aliphatic carbocycles. The molecular weight excluding hydrogens is 717 g/mol. The van der Waals surface area contributed by atoms with Crippen molar-refractivity contribution < 1.29 is 4.42 Å². The van der Waals surface area contributed by atoms with Gasteiger partial charge in [-0.15, -0.1) is 11.3 Å². The molecule has 3 aromatic heterocycles. The van der Waals surface area contributed by atoms with Crippen LogP contribution in [0.4, 0.5) is 17.1 Å². The second-order valence-corrected chi connectivity index (χ2v) is 15.1. The average molecular weight is 749 g/mol. The van der Waals surface area contributed by atoms with Crippen LogP contribution >= 0.6 is 11.3 Å². The number of rotatable bonds is 7. The lowest BCUT2D eigenvalue weighted by atomic mass is 10.0. The molecule has 0 atom stereocenters. The third-order valence-corrected chi connectivity index (χ3v) is 11.7. The van der Waals surface area contributed by atoms with Gasteiger partial charge in [0.1, 0.15) is 11.2 Å². The van der Waals surface area contributed by atoms with E-state index in [-0.39, 0.29) is 0 Å². The molecule has 3 heterocycles. The number of fused-ring (bicyclic) bond motifs is 6. The summed E-state index contributed by atoms with van der Waals surface area (Å²) in [5.41, 5.74) is 9.92. The van der Waals surface area contributed by atoms with Crippen molar-refractivity contribution in [3.8, 4) is 45.3 Å². The summed E-state index contributed by atoms with van der Waals surface area (Å²) in [5, 5.41) is 4.56. The van der Waals surface area contributed by atoms with Gasteiger partial charge in [0.25, 0.3) is 0 Å². The fraction of sp³-hybridized carbons (Fsp3) is 0. The molecule has 0 aliphatic rings. The smallest absolute Gasteiger partial charge is 0.164 e. The van der Waals surface area contributed by atoms with Crippen molar-refractivity contribution in [1.82, 2.24) is 15.0 Å². The zero-order valence-electron chi connectivity index (χ0n) is 30.6. The van der Waals surface area contributed by atoms with Crippen molar-refractivity contribution >= 4 is 70.5 Å². The number of hydrogen-bond acceptors (Lipinski definition) is 6. The largest absolute Gasteiger partial charge is 0.456 e. The number of anilines is 3. The number of nitrogens with zero attached hydrogens (tertiary/aromatic N) is 4. The number of thiophene rings is 1. The molecule has 11 rings (SSSR count). The lowest BCUT2D eigenvalue weighted by Gasteiger charge is -2.27. The molecular formula is C51H32N4OS. The van der Waals surface area contributed by atoms with Crippen LogP contribution in [0.15, 0.2) is 199 Å². The lowest BCUT2D eigenvalue weighted by molar-refractivity contribution is 0.669. The summed E-state index contributed by atoms with van der Waals surface area (Å²) in [6.45, 7) is 0. The van der Waals surface area contributed by atoms with Crippen molar-refractivity contribution in [2.24, 2.45) is 0 Å². The predicted molar refractivity (Wildman–Crippen MR) is 236 cm³/mol. The number of benzene rings is 8. The molecule has 8 aromatic carbocycles. The average Bonchev–Trinajstić information content (AvgIpc) is 3.86. The van der Waals surface area contributed by atoms with Gasteiger partial charge in [-0.25, -0.2) is 15.0 Å². The Bertz CT molecular complexity index is 3170. The molecule has 11 aromatic rings. The molecule has 0 unspecified atom stereocenters. The van der Waals surface area contributed by atoms with E-state index in [1.165, 1.54) is 31.3 Å². The second-order valence-electron chi connectivity index (χ2n) is 14.0. The number of hydrogen-bond donors (Lipinski definition) is 0. The zero-order chi connectivity index (χ0) is 37.7. The van der Waals surface area contributed by atoms with E-state index < -0.39 is 0 Å². The molecule has 0 saturated heterocycles. The minimum Gasteiger partial charge on any atom is -0.456 e. The van der Waals surface area contributed by atoms with Gasteiger partial charge >= 0.3 is 0 Å². The predicted octanol–water partition coefficient (Wildman–Crippen LogP) is 14.3. The normalized spacial score (nSPS) is 11.5. The fourth-order valence-electron chi connectivity index (χ4n) is 7.78. The Morgan fingerprint density at radius 1 is 0.368 bits per heavy atom. The Kier molecular flexibility index (Phi) is 7.93. The SMILES string of the molecule is c1ccc(-c2ccc(N(c3ccc4oc5cc(-c6nc(-c7ccccc7)nc(-c7ccccc7)n6)ccc5c4c3)c3cccc4sc5ccccc5c34)cc2)cc1. The molecule has 0 bridgehead atoms. The van der Waals surface area contributed by atoms with Crippen LogP contribution in [0.2, 0.25) is 0 Å². The molecule has 0 amide bonds. The highest BCUT2D eigenvalue weighted by Crippen LogP contribution is 2.46. The second kappa shape index (κ2) is 13.7. The zero-order valence-corrected chi connectivity index (χ0v) is 31.4. The molecule has 0 aliphatic heterocycles. The van der Waals surface area contributed by atoms with Gasteiger partial charge in [0.15, 0.2) is 17.5 Å². The van der Waals surface area contributed by atoms with E-state index in [2.05, 4.69) is 132 Å². The van der Waals surface area contributed by atoms with Crippen LogP contribution in [0.5, 0.6) is 0 Å². The molecule has 268 valence electrons. The molecule has 0 fully saturated rings. The summed E-state index contributed by atoms with van der Waals surface area (Å²) in [6, 6.07) is 67.6. The molecule has 5 nitrogen and oxygen atoms in total. The quantitative estimate of drug-likeness (QED) is 0.162. The van der Waals surface area contributed by atoms with Gasteiger partial charge in [0.05, 0.1) is 5.69 Å². The van der Waals surface area contributed by atoms with E-state index >= 15 is 0 Å². The highest BCUT2D eigenvalue weighted by molar-refractivity contribution is 7.26. The van der Waals surface area contributed by atoms with Gasteiger partial charge in [-0.2, -0.15) is 0 Å². The van der Waals surface area contributed by atoms with Crippen LogP contribution in [-0.4, -0.2) is 15.0 Å². The first kappa shape index (κ1) is 33.0. The summed E-state index contributed by atoms with van der Waals surface area (Å²) in [4.78, 5) is 17.2. The van der Waals surface area contributed by atoms with Crippen molar-refractivity contribution in [2.45, 2.75) is 0 Å². The molecule has 57 heavy (non-hydrogen) atoms. The highest BCUT2D eigenvalue weighted by Gasteiger charge is 2.21. The van der Waals surface area contributed by atoms with Crippen LogP contribution in [-0.2, 0) is 0 Å². The van der Waals surface area contributed by atoms with Gasteiger partial charge in [-0.3, -0.25) is 0 Å². The topological polar surface area (TPSA) is 55.1 Å². The van der Waals surface area contributed by atoms with Crippen LogP contribution in [0.25, 0.3) is 87.4 Å². The third kappa shape index (κ3) is 5.91. The van der Waals surface area contributed by atoms with E-state index in [4.69, 9.17) is 19.4 Å². The van der Waals surface area contributed by atoms with E-state index in [0.717, 1.165) is 55.7 Å². The third-order valence-electron chi connectivity index (χ3n) is 10.5. The summed E-state index contributed by atoms with van der Waals surface area (Å²) in [7, 11) is 0. The van der Waals surface area contributed by atoms with Crippen molar-refractivity contribution in [3.05, 3.63) is 194 Å². The van der Waals surface area contributed by atoms with Gasteiger partial charge in [0.2, 0.25) is 0 Å². The maximum absolute atomic E-state index is 6.58. The van der Waals surface area contributed by atoms with E-state index in [0.29, 0.717) is 17.5 Å². The highest BCUT2D eigenvalue weighted by atomic mass is 32.1.